The molecule has 0 bridgehead atoms. The molecule has 1 aliphatic carbocycles. The fourth-order valence-electron chi connectivity index (χ4n) is 1.79. The highest BCUT2D eigenvalue weighted by Gasteiger charge is 2.26. The lowest BCUT2D eigenvalue weighted by atomic mass is 10.2. The van der Waals surface area contributed by atoms with Crippen molar-refractivity contribution >= 4 is 0 Å². The third-order valence-corrected chi connectivity index (χ3v) is 2.66. The van der Waals surface area contributed by atoms with Crippen molar-refractivity contribution in [2.75, 3.05) is 0 Å². The molecule has 2 unspecified atom stereocenters. The van der Waals surface area contributed by atoms with Crippen LogP contribution in [-0.2, 0) is 6.61 Å². The summed E-state index contributed by atoms with van der Waals surface area (Å²) in [7, 11) is 0. The first-order chi connectivity index (χ1) is 7.29. The van der Waals surface area contributed by atoms with Crippen LogP contribution < -0.4 is 4.74 Å². The molecule has 82 valence electrons. The van der Waals surface area contributed by atoms with E-state index in [2.05, 4.69) is 4.98 Å². The van der Waals surface area contributed by atoms with Crippen molar-refractivity contribution in [3.63, 3.8) is 0 Å². The second kappa shape index (κ2) is 4.59. The van der Waals surface area contributed by atoms with E-state index in [0.29, 0.717) is 11.4 Å². The van der Waals surface area contributed by atoms with Crippen LogP contribution in [0.4, 0.5) is 0 Å². The molecule has 1 saturated carbocycles. The van der Waals surface area contributed by atoms with E-state index >= 15 is 0 Å². The zero-order valence-corrected chi connectivity index (χ0v) is 8.47. The number of ether oxygens (including phenoxy) is 1. The SMILES string of the molecule is OCc1ccc(OC2CCCC2O)cn1. The minimum Gasteiger partial charge on any atom is -0.486 e. The lowest BCUT2D eigenvalue weighted by Crippen LogP contribution is -2.25. The van der Waals surface area contributed by atoms with Crippen LogP contribution in [0.15, 0.2) is 18.3 Å². The van der Waals surface area contributed by atoms with Crippen LogP contribution >= 0.6 is 0 Å². The first-order valence-corrected chi connectivity index (χ1v) is 5.20. The molecule has 1 aromatic heterocycles. The highest BCUT2D eigenvalue weighted by atomic mass is 16.5. The second-order valence-corrected chi connectivity index (χ2v) is 3.80. The number of rotatable bonds is 3. The van der Waals surface area contributed by atoms with Crippen molar-refractivity contribution in [2.24, 2.45) is 0 Å². The summed E-state index contributed by atoms with van der Waals surface area (Å²) < 4.78 is 5.59. The topological polar surface area (TPSA) is 62.6 Å². The Morgan fingerprint density at radius 3 is 2.80 bits per heavy atom. The Morgan fingerprint density at radius 1 is 1.40 bits per heavy atom. The molecule has 4 heteroatoms. The molecule has 2 atom stereocenters. The average Bonchev–Trinajstić information content (AvgIpc) is 2.66. The fourth-order valence-corrected chi connectivity index (χ4v) is 1.79. The van der Waals surface area contributed by atoms with Gasteiger partial charge < -0.3 is 14.9 Å². The molecule has 2 N–H and O–H groups in total. The number of nitrogens with zero attached hydrogens (tertiary/aromatic N) is 1. The summed E-state index contributed by atoms with van der Waals surface area (Å²) in [4.78, 5) is 4.01. The van der Waals surface area contributed by atoms with E-state index in [4.69, 9.17) is 9.84 Å². The standard InChI is InChI=1S/C11H15NO3/c13-7-8-4-5-9(6-12-8)15-11-3-1-2-10(11)14/h4-6,10-11,13-14H,1-3,7H2. The predicted octanol–water partition coefficient (Wildman–Crippen LogP) is 0.866. The number of aliphatic hydroxyl groups excluding tert-OH is 2. The Bertz CT molecular complexity index is 312. The zero-order valence-electron chi connectivity index (χ0n) is 8.47. The highest BCUT2D eigenvalue weighted by molar-refractivity contribution is 5.20. The van der Waals surface area contributed by atoms with Crippen molar-refractivity contribution in [3.05, 3.63) is 24.0 Å². The maximum atomic E-state index is 9.57. The molecule has 15 heavy (non-hydrogen) atoms. The first kappa shape index (κ1) is 10.4. The Kier molecular flexibility index (Phi) is 3.18. The summed E-state index contributed by atoms with van der Waals surface area (Å²) in [6.07, 6.45) is 3.83. The van der Waals surface area contributed by atoms with Crippen LogP contribution in [0.2, 0.25) is 0 Å². The van der Waals surface area contributed by atoms with Gasteiger partial charge in [-0.2, -0.15) is 0 Å². The molecule has 0 aliphatic heterocycles. The second-order valence-electron chi connectivity index (χ2n) is 3.80. The van der Waals surface area contributed by atoms with Crippen LogP contribution in [0, 0.1) is 0 Å². The van der Waals surface area contributed by atoms with E-state index in [1.807, 2.05) is 0 Å². The van der Waals surface area contributed by atoms with E-state index in [0.717, 1.165) is 19.3 Å². The monoisotopic (exact) mass is 209 g/mol. The van der Waals surface area contributed by atoms with Gasteiger partial charge in [-0.25, -0.2) is 0 Å². The molecule has 2 rings (SSSR count). The fraction of sp³-hybridized carbons (Fsp3) is 0.545. The third-order valence-electron chi connectivity index (χ3n) is 2.66. The Balaban J connectivity index is 1.98. The van der Waals surface area contributed by atoms with Crippen LogP contribution in [-0.4, -0.2) is 27.4 Å². The van der Waals surface area contributed by atoms with E-state index in [-0.39, 0.29) is 18.8 Å². The molecular weight excluding hydrogens is 194 g/mol. The summed E-state index contributed by atoms with van der Waals surface area (Å²) in [6.45, 7) is -0.0632. The third kappa shape index (κ3) is 2.46. The van der Waals surface area contributed by atoms with Crippen LogP contribution in [0.3, 0.4) is 0 Å². The predicted molar refractivity (Wildman–Crippen MR) is 54.4 cm³/mol. The molecule has 0 aromatic carbocycles. The largest absolute Gasteiger partial charge is 0.486 e. The van der Waals surface area contributed by atoms with E-state index < -0.39 is 0 Å². The normalized spacial score (nSPS) is 25.5. The molecule has 1 aliphatic rings. The summed E-state index contributed by atoms with van der Waals surface area (Å²) in [5.41, 5.74) is 0.620. The van der Waals surface area contributed by atoms with Crippen molar-refractivity contribution in [3.8, 4) is 5.75 Å². The van der Waals surface area contributed by atoms with Gasteiger partial charge in [-0.3, -0.25) is 4.98 Å². The highest BCUT2D eigenvalue weighted by Crippen LogP contribution is 2.24. The van der Waals surface area contributed by atoms with Gasteiger partial charge >= 0.3 is 0 Å². The Labute approximate surface area is 88.5 Å². The van der Waals surface area contributed by atoms with E-state index in [9.17, 15) is 5.11 Å². The Morgan fingerprint density at radius 2 is 2.27 bits per heavy atom. The van der Waals surface area contributed by atoms with Gasteiger partial charge in [0.15, 0.2) is 0 Å². The quantitative estimate of drug-likeness (QED) is 0.775. The lowest BCUT2D eigenvalue weighted by molar-refractivity contribution is 0.0601. The number of aliphatic hydroxyl groups is 2. The van der Waals surface area contributed by atoms with Gasteiger partial charge in [0.2, 0.25) is 0 Å². The molecule has 0 radical (unpaired) electrons. The molecule has 0 saturated heterocycles. The molecule has 4 nitrogen and oxygen atoms in total. The number of pyridine rings is 1. The maximum Gasteiger partial charge on any atom is 0.138 e. The maximum absolute atomic E-state index is 9.57. The van der Waals surface area contributed by atoms with E-state index in [1.165, 1.54) is 0 Å². The Hall–Kier alpha value is -1.13. The van der Waals surface area contributed by atoms with E-state index in [1.54, 1.807) is 18.3 Å². The lowest BCUT2D eigenvalue weighted by Gasteiger charge is -2.16. The van der Waals surface area contributed by atoms with Crippen molar-refractivity contribution in [1.29, 1.82) is 0 Å². The smallest absolute Gasteiger partial charge is 0.138 e. The van der Waals surface area contributed by atoms with Gasteiger partial charge in [-0.05, 0) is 31.4 Å². The summed E-state index contributed by atoms with van der Waals surface area (Å²) in [6, 6.07) is 3.49. The summed E-state index contributed by atoms with van der Waals surface area (Å²) in [5, 5.41) is 18.4. The van der Waals surface area contributed by atoms with Crippen LogP contribution in [0.1, 0.15) is 25.0 Å². The number of hydrogen-bond acceptors (Lipinski definition) is 4. The molecule has 0 amide bonds. The van der Waals surface area contributed by atoms with Gasteiger partial charge in [-0.15, -0.1) is 0 Å². The molecule has 1 aromatic rings. The molecular formula is C11H15NO3. The van der Waals surface area contributed by atoms with Crippen LogP contribution in [0.25, 0.3) is 0 Å². The van der Waals surface area contributed by atoms with Crippen molar-refractivity contribution in [2.45, 2.75) is 38.1 Å². The van der Waals surface area contributed by atoms with Crippen molar-refractivity contribution < 1.29 is 14.9 Å². The molecule has 0 spiro atoms. The first-order valence-electron chi connectivity index (χ1n) is 5.20. The van der Waals surface area contributed by atoms with Gasteiger partial charge in [0.1, 0.15) is 11.9 Å². The van der Waals surface area contributed by atoms with Crippen molar-refractivity contribution in [1.82, 2.24) is 4.98 Å². The number of aromatic nitrogens is 1. The minimum absolute atomic E-state index is 0.0632. The molecule has 1 heterocycles. The zero-order chi connectivity index (χ0) is 10.7. The average molecular weight is 209 g/mol. The van der Waals surface area contributed by atoms with Gasteiger partial charge in [0, 0.05) is 0 Å². The minimum atomic E-state index is -0.359. The molecule has 1 fully saturated rings. The summed E-state index contributed by atoms with van der Waals surface area (Å²) >= 11 is 0. The number of hydrogen-bond donors (Lipinski definition) is 2. The van der Waals surface area contributed by atoms with Crippen LogP contribution in [0.5, 0.6) is 5.75 Å². The van der Waals surface area contributed by atoms with Gasteiger partial charge in [0.25, 0.3) is 0 Å². The summed E-state index contributed by atoms with van der Waals surface area (Å²) in [5.74, 6) is 0.651. The van der Waals surface area contributed by atoms with Gasteiger partial charge in [-0.1, -0.05) is 0 Å². The van der Waals surface area contributed by atoms with Gasteiger partial charge in [0.05, 0.1) is 24.6 Å².